The summed E-state index contributed by atoms with van der Waals surface area (Å²) in [7, 11) is 0. The van der Waals surface area contributed by atoms with Gasteiger partial charge in [-0.2, -0.15) is 5.10 Å². The number of nitrogens with one attached hydrogen (secondary N) is 1. The highest BCUT2D eigenvalue weighted by molar-refractivity contribution is 7.80. The van der Waals surface area contributed by atoms with Crippen LogP contribution < -0.4 is 5.32 Å². The van der Waals surface area contributed by atoms with Crippen LogP contribution in [0.15, 0.2) is 61.1 Å². The van der Waals surface area contributed by atoms with Crippen molar-refractivity contribution in [1.29, 1.82) is 0 Å². The Balaban J connectivity index is 1.27. The van der Waals surface area contributed by atoms with Crippen LogP contribution in [0.2, 0.25) is 0 Å². The Bertz CT molecular complexity index is 947. The molecule has 1 aromatic carbocycles. The summed E-state index contributed by atoms with van der Waals surface area (Å²) in [6.45, 7) is 7.61. The van der Waals surface area contributed by atoms with Gasteiger partial charge in [-0.25, -0.2) is 0 Å². The van der Waals surface area contributed by atoms with Crippen molar-refractivity contribution in [2.75, 3.05) is 31.5 Å². The summed E-state index contributed by atoms with van der Waals surface area (Å²) in [5.41, 5.74) is 3.80. The Morgan fingerprint density at radius 2 is 1.86 bits per heavy atom. The second-order valence-electron chi connectivity index (χ2n) is 7.38. The highest BCUT2D eigenvalue weighted by Gasteiger charge is 2.19. The van der Waals surface area contributed by atoms with Crippen molar-refractivity contribution in [3.05, 3.63) is 77.7 Å². The van der Waals surface area contributed by atoms with Crippen molar-refractivity contribution in [2.24, 2.45) is 0 Å². The predicted octanol–water partition coefficient (Wildman–Crippen LogP) is 3.15. The van der Waals surface area contributed by atoms with Gasteiger partial charge in [0.05, 0.1) is 6.54 Å². The van der Waals surface area contributed by atoms with Gasteiger partial charge >= 0.3 is 0 Å². The van der Waals surface area contributed by atoms with Crippen LogP contribution >= 0.6 is 12.2 Å². The second kappa shape index (κ2) is 9.15. The van der Waals surface area contributed by atoms with Crippen LogP contribution in [-0.2, 0) is 13.1 Å². The van der Waals surface area contributed by atoms with Crippen LogP contribution in [0.3, 0.4) is 0 Å². The lowest BCUT2D eigenvalue weighted by Crippen LogP contribution is -2.49. The van der Waals surface area contributed by atoms with E-state index in [9.17, 15) is 0 Å². The maximum absolute atomic E-state index is 5.62. The first-order valence-corrected chi connectivity index (χ1v) is 10.3. The third-order valence-electron chi connectivity index (χ3n) is 5.26. The predicted molar refractivity (Wildman–Crippen MR) is 120 cm³/mol. The summed E-state index contributed by atoms with van der Waals surface area (Å²) < 4.78 is 1.94. The first-order chi connectivity index (χ1) is 14.2. The molecule has 3 heterocycles. The molecule has 0 bridgehead atoms. The van der Waals surface area contributed by atoms with Gasteiger partial charge in [-0.15, -0.1) is 0 Å². The van der Waals surface area contributed by atoms with Crippen molar-refractivity contribution in [1.82, 2.24) is 24.6 Å². The number of piperazine rings is 1. The maximum Gasteiger partial charge on any atom is 0.174 e. The van der Waals surface area contributed by atoms with Gasteiger partial charge in [-0.1, -0.05) is 30.3 Å². The fraction of sp³-hybridized carbons (Fsp3) is 0.318. The van der Waals surface area contributed by atoms with Gasteiger partial charge in [-0.3, -0.25) is 14.6 Å². The van der Waals surface area contributed by atoms with Crippen molar-refractivity contribution in [3.63, 3.8) is 0 Å². The van der Waals surface area contributed by atoms with Crippen molar-refractivity contribution in [2.45, 2.75) is 20.0 Å². The van der Waals surface area contributed by atoms with Gasteiger partial charge < -0.3 is 10.2 Å². The van der Waals surface area contributed by atoms with E-state index in [1.165, 1.54) is 16.7 Å². The Morgan fingerprint density at radius 1 is 1.03 bits per heavy atom. The van der Waals surface area contributed by atoms with Gasteiger partial charge in [0.1, 0.15) is 0 Å². The minimum absolute atomic E-state index is 0.743. The number of hydrogen-bond acceptors (Lipinski definition) is 4. The molecule has 1 aliphatic rings. The first-order valence-electron chi connectivity index (χ1n) is 9.92. The number of anilines is 1. The number of hydrogen-bond donors (Lipinski definition) is 1. The molecule has 0 radical (unpaired) electrons. The van der Waals surface area contributed by atoms with Gasteiger partial charge in [0.25, 0.3) is 0 Å². The number of pyridine rings is 1. The normalized spacial score (nSPS) is 14.7. The summed E-state index contributed by atoms with van der Waals surface area (Å²) in [5, 5.41) is 8.66. The van der Waals surface area contributed by atoms with Gasteiger partial charge in [0, 0.05) is 57.4 Å². The molecule has 0 unspecified atom stereocenters. The van der Waals surface area contributed by atoms with Crippen LogP contribution in [0.4, 0.5) is 5.82 Å². The Kier molecular flexibility index (Phi) is 6.17. The largest absolute Gasteiger partial charge is 0.346 e. The van der Waals surface area contributed by atoms with Gasteiger partial charge in [0.2, 0.25) is 0 Å². The molecule has 0 atom stereocenters. The third-order valence-corrected chi connectivity index (χ3v) is 5.62. The summed E-state index contributed by atoms with van der Waals surface area (Å²) in [4.78, 5) is 8.85. The van der Waals surface area contributed by atoms with E-state index < -0.39 is 0 Å². The molecule has 0 saturated carbocycles. The van der Waals surface area contributed by atoms with E-state index >= 15 is 0 Å². The lowest BCUT2D eigenvalue weighted by molar-refractivity contribution is 0.177. The molecule has 0 amide bonds. The fourth-order valence-corrected chi connectivity index (χ4v) is 3.81. The molecule has 6 nitrogen and oxygen atoms in total. The molecule has 0 spiro atoms. The second-order valence-corrected chi connectivity index (χ2v) is 7.77. The Hall–Kier alpha value is -2.77. The monoisotopic (exact) mass is 406 g/mol. The lowest BCUT2D eigenvalue weighted by atomic mass is 10.1. The molecule has 1 fully saturated rings. The summed E-state index contributed by atoms with van der Waals surface area (Å²) >= 11 is 5.62. The highest BCUT2D eigenvalue weighted by atomic mass is 32.1. The molecular formula is C22H26N6S. The Morgan fingerprint density at radius 3 is 2.62 bits per heavy atom. The summed E-state index contributed by atoms with van der Waals surface area (Å²) in [6.07, 6.45) is 5.74. The van der Waals surface area contributed by atoms with E-state index in [-0.39, 0.29) is 0 Å². The lowest BCUT2D eigenvalue weighted by Gasteiger charge is -2.36. The number of benzene rings is 1. The van der Waals surface area contributed by atoms with E-state index in [2.05, 4.69) is 62.5 Å². The maximum atomic E-state index is 5.62. The smallest absolute Gasteiger partial charge is 0.174 e. The molecular weight excluding hydrogens is 380 g/mol. The van der Waals surface area contributed by atoms with E-state index in [1.807, 2.05) is 35.4 Å². The van der Waals surface area contributed by atoms with Crippen molar-refractivity contribution >= 4 is 23.1 Å². The van der Waals surface area contributed by atoms with Gasteiger partial charge in [0.15, 0.2) is 10.9 Å². The average molecular weight is 407 g/mol. The standard InChI is InChI=1S/C22H26N6S/c1-18-5-2-3-7-20(18)17-28-10-8-21(25-28)24-22(29)27-13-11-26(12-14-27)16-19-6-4-9-23-15-19/h2-10,15H,11-14,16-17H2,1H3,(H,24,25,29). The minimum atomic E-state index is 0.743. The van der Waals surface area contributed by atoms with E-state index in [4.69, 9.17) is 12.2 Å². The number of aromatic nitrogens is 3. The fourth-order valence-electron chi connectivity index (χ4n) is 3.53. The van der Waals surface area contributed by atoms with Crippen LogP contribution in [0.25, 0.3) is 0 Å². The number of rotatable bonds is 5. The SMILES string of the molecule is Cc1ccccc1Cn1ccc(NC(=S)N2CCN(Cc3cccnc3)CC2)n1. The van der Waals surface area contributed by atoms with Gasteiger partial charge in [-0.05, 0) is 41.9 Å². The summed E-state index contributed by atoms with van der Waals surface area (Å²) in [5.74, 6) is 0.793. The molecule has 1 aliphatic heterocycles. The summed E-state index contributed by atoms with van der Waals surface area (Å²) in [6, 6.07) is 14.5. The molecule has 29 heavy (non-hydrogen) atoms. The van der Waals surface area contributed by atoms with Crippen molar-refractivity contribution in [3.8, 4) is 0 Å². The quantitative estimate of drug-likeness (QED) is 0.657. The van der Waals surface area contributed by atoms with Crippen molar-refractivity contribution < 1.29 is 0 Å². The van der Waals surface area contributed by atoms with E-state index in [1.54, 1.807) is 0 Å². The van der Waals surface area contributed by atoms with Crippen LogP contribution in [-0.4, -0.2) is 55.9 Å². The van der Waals surface area contributed by atoms with Crippen LogP contribution in [0.5, 0.6) is 0 Å². The van der Waals surface area contributed by atoms with E-state index in [0.29, 0.717) is 0 Å². The molecule has 2 aromatic heterocycles. The molecule has 1 saturated heterocycles. The minimum Gasteiger partial charge on any atom is -0.346 e. The number of aryl methyl sites for hydroxylation is 1. The first kappa shape index (κ1) is 19.5. The average Bonchev–Trinajstić information content (AvgIpc) is 3.18. The third kappa shape index (κ3) is 5.19. The van der Waals surface area contributed by atoms with E-state index in [0.717, 1.165) is 50.2 Å². The molecule has 150 valence electrons. The van der Waals surface area contributed by atoms with Crippen LogP contribution in [0, 0.1) is 6.92 Å². The molecule has 0 aliphatic carbocycles. The zero-order valence-corrected chi connectivity index (χ0v) is 17.5. The zero-order chi connectivity index (χ0) is 20.1. The molecule has 1 N–H and O–H groups in total. The Labute approximate surface area is 177 Å². The highest BCUT2D eigenvalue weighted by Crippen LogP contribution is 2.12. The zero-order valence-electron chi connectivity index (χ0n) is 16.7. The number of thiocarbonyl (C=S) groups is 1. The molecule has 3 aromatic rings. The van der Waals surface area contributed by atoms with Crippen LogP contribution in [0.1, 0.15) is 16.7 Å². The molecule has 7 heteroatoms. The topological polar surface area (TPSA) is 49.2 Å². The molecule has 4 rings (SSSR count). The number of nitrogens with zero attached hydrogens (tertiary/aromatic N) is 5.